The molecule has 1 heterocycles. The van der Waals surface area contributed by atoms with Gasteiger partial charge >= 0.3 is 5.97 Å². The summed E-state index contributed by atoms with van der Waals surface area (Å²) in [6.45, 7) is 1.41. The first kappa shape index (κ1) is 18.5. The van der Waals surface area contributed by atoms with Crippen molar-refractivity contribution in [3.63, 3.8) is 0 Å². The first-order valence-electron chi connectivity index (χ1n) is 8.13. The highest BCUT2D eigenvalue weighted by Crippen LogP contribution is 2.36. The Labute approximate surface area is 162 Å². The molecule has 1 atom stereocenters. The van der Waals surface area contributed by atoms with Gasteiger partial charge in [-0.3, -0.25) is 9.69 Å². The van der Waals surface area contributed by atoms with Crippen molar-refractivity contribution in [2.24, 2.45) is 5.92 Å². The molecule has 1 aliphatic heterocycles. The number of benzene rings is 2. The molecule has 1 N–H and O–H groups in total. The Morgan fingerprint density at radius 2 is 1.68 bits per heavy atom. The fourth-order valence-corrected chi connectivity index (χ4v) is 3.88. The Morgan fingerprint density at radius 3 is 2.28 bits per heavy atom. The molecule has 0 aliphatic carbocycles. The van der Waals surface area contributed by atoms with E-state index in [4.69, 9.17) is 34.8 Å². The SMILES string of the molecule is O=C(O)C1CCN(C(c2cccc(Cl)c2)c2ccc(Cl)c(Cl)c2)CC1. The number of halogens is 3. The van der Waals surface area contributed by atoms with E-state index in [9.17, 15) is 9.90 Å². The lowest BCUT2D eigenvalue weighted by Crippen LogP contribution is -2.39. The molecule has 1 unspecified atom stereocenters. The van der Waals surface area contributed by atoms with Crippen molar-refractivity contribution in [2.45, 2.75) is 18.9 Å². The summed E-state index contributed by atoms with van der Waals surface area (Å²) in [7, 11) is 0. The van der Waals surface area contributed by atoms with Gasteiger partial charge in [-0.2, -0.15) is 0 Å². The Hall–Kier alpha value is -1.26. The molecule has 0 saturated carbocycles. The zero-order chi connectivity index (χ0) is 18.0. The molecule has 1 fully saturated rings. The van der Waals surface area contributed by atoms with Crippen LogP contribution in [0, 0.1) is 5.92 Å². The quantitative estimate of drug-likeness (QED) is 0.736. The standard InChI is InChI=1S/C19H18Cl3NO2/c20-15-3-1-2-13(10-15)18(14-4-5-16(21)17(22)11-14)23-8-6-12(7-9-23)19(24)25/h1-5,10-12,18H,6-9H2,(H,24,25). The lowest BCUT2D eigenvalue weighted by Gasteiger charge is -2.37. The summed E-state index contributed by atoms with van der Waals surface area (Å²) in [5.74, 6) is -0.987. The van der Waals surface area contributed by atoms with Gasteiger partial charge in [-0.1, -0.05) is 53.0 Å². The van der Waals surface area contributed by atoms with Gasteiger partial charge in [0.05, 0.1) is 22.0 Å². The molecule has 2 aromatic rings. The number of carboxylic acid groups (broad SMARTS) is 1. The summed E-state index contributed by atoms with van der Waals surface area (Å²) in [5, 5.41) is 10.9. The Morgan fingerprint density at radius 1 is 1.00 bits per heavy atom. The van der Waals surface area contributed by atoms with E-state index in [1.165, 1.54) is 0 Å². The van der Waals surface area contributed by atoms with Crippen LogP contribution >= 0.6 is 34.8 Å². The van der Waals surface area contributed by atoms with E-state index >= 15 is 0 Å². The summed E-state index contributed by atoms with van der Waals surface area (Å²) in [6, 6.07) is 13.3. The molecular weight excluding hydrogens is 381 g/mol. The van der Waals surface area contributed by atoms with Gasteiger partial charge < -0.3 is 5.11 Å². The topological polar surface area (TPSA) is 40.5 Å². The number of hydrogen-bond acceptors (Lipinski definition) is 2. The van der Waals surface area contributed by atoms with Gasteiger partial charge in [0, 0.05) is 5.02 Å². The maximum atomic E-state index is 11.2. The van der Waals surface area contributed by atoms with E-state index in [-0.39, 0.29) is 12.0 Å². The predicted molar refractivity (Wildman–Crippen MR) is 102 cm³/mol. The minimum Gasteiger partial charge on any atom is -0.481 e. The number of rotatable bonds is 4. The van der Waals surface area contributed by atoms with Crippen LogP contribution < -0.4 is 0 Å². The van der Waals surface area contributed by atoms with Crippen molar-refractivity contribution in [3.05, 3.63) is 68.7 Å². The number of likely N-dealkylation sites (tertiary alicyclic amines) is 1. The molecule has 0 spiro atoms. The van der Waals surface area contributed by atoms with Crippen molar-refractivity contribution in [1.29, 1.82) is 0 Å². The second kappa shape index (κ2) is 7.96. The van der Waals surface area contributed by atoms with Crippen LogP contribution in [0.4, 0.5) is 0 Å². The number of hydrogen-bond donors (Lipinski definition) is 1. The molecule has 2 aromatic carbocycles. The van der Waals surface area contributed by atoms with Crippen LogP contribution in [0.25, 0.3) is 0 Å². The van der Waals surface area contributed by atoms with Crippen LogP contribution in [0.2, 0.25) is 15.1 Å². The lowest BCUT2D eigenvalue weighted by atomic mass is 9.91. The van der Waals surface area contributed by atoms with Crippen LogP contribution in [0.1, 0.15) is 30.0 Å². The summed E-state index contributed by atoms with van der Waals surface area (Å²) in [6.07, 6.45) is 1.27. The van der Waals surface area contributed by atoms with Crippen molar-refractivity contribution < 1.29 is 9.90 Å². The summed E-state index contributed by atoms with van der Waals surface area (Å²) >= 11 is 18.5. The third-order valence-electron chi connectivity index (χ3n) is 4.67. The number of carbonyl (C=O) groups is 1. The van der Waals surface area contributed by atoms with E-state index in [2.05, 4.69) is 4.90 Å². The highest BCUT2D eigenvalue weighted by molar-refractivity contribution is 6.42. The normalized spacial score (nSPS) is 17.4. The van der Waals surface area contributed by atoms with E-state index in [1.807, 2.05) is 36.4 Å². The van der Waals surface area contributed by atoms with Gasteiger partial charge in [0.1, 0.15) is 0 Å². The molecular formula is C19H18Cl3NO2. The highest BCUT2D eigenvalue weighted by Gasteiger charge is 2.30. The fourth-order valence-electron chi connectivity index (χ4n) is 3.38. The third kappa shape index (κ3) is 4.29. The molecule has 0 amide bonds. The van der Waals surface area contributed by atoms with Crippen molar-refractivity contribution >= 4 is 40.8 Å². The fraction of sp³-hybridized carbons (Fsp3) is 0.316. The van der Waals surface area contributed by atoms with E-state index in [0.29, 0.717) is 41.0 Å². The maximum absolute atomic E-state index is 11.2. The van der Waals surface area contributed by atoms with E-state index in [0.717, 1.165) is 11.1 Å². The average Bonchev–Trinajstić information content (AvgIpc) is 2.59. The zero-order valence-electron chi connectivity index (χ0n) is 13.5. The predicted octanol–water partition coefficient (Wildman–Crippen LogP) is 5.53. The third-order valence-corrected chi connectivity index (χ3v) is 5.64. The number of piperidine rings is 1. The van der Waals surface area contributed by atoms with Crippen LogP contribution in [-0.4, -0.2) is 29.1 Å². The van der Waals surface area contributed by atoms with Gasteiger partial charge in [0.25, 0.3) is 0 Å². The van der Waals surface area contributed by atoms with Gasteiger partial charge in [-0.25, -0.2) is 0 Å². The first-order valence-corrected chi connectivity index (χ1v) is 9.26. The first-order chi connectivity index (χ1) is 12.0. The average molecular weight is 399 g/mol. The number of nitrogens with zero attached hydrogens (tertiary/aromatic N) is 1. The molecule has 1 saturated heterocycles. The van der Waals surface area contributed by atoms with Gasteiger partial charge in [-0.05, 0) is 61.3 Å². The summed E-state index contributed by atoms with van der Waals surface area (Å²) < 4.78 is 0. The van der Waals surface area contributed by atoms with Gasteiger partial charge in [0.15, 0.2) is 0 Å². The molecule has 6 heteroatoms. The monoisotopic (exact) mass is 397 g/mol. The molecule has 0 bridgehead atoms. The Kier molecular flexibility index (Phi) is 5.90. The van der Waals surface area contributed by atoms with Crippen molar-refractivity contribution in [2.75, 3.05) is 13.1 Å². The minimum absolute atomic E-state index is 0.0387. The minimum atomic E-state index is -0.714. The highest BCUT2D eigenvalue weighted by atomic mass is 35.5. The number of carboxylic acids is 1. The molecule has 0 radical (unpaired) electrons. The van der Waals surface area contributed by atoms with E-state index < -0.39 is 5.97 Å². The van der Waals surface area contributed by atoms with Crippen molar-refractivity contribution in [3.8, 4) is 0 Å². The van der Waals surface area contributed by atoms with Crippen LogP contribution in [0.15, 0.2) is 42.5 Å². The zero-order valence-corrected chi connectivity index (χ0v) is 15.7. The van der Waals surface area contributed by atoms with Crippen LogP contribution in [-0.2, 0) is 4.79 Å². The molecule has 3 nitrogen and oxygen atoms in total. The Bertz CT molecular complexity index is 773. The summed E-state index contributed by atoms with van der Waals surface area (Å²) in [4.78, 5) is 13.5. The second-order valence-electron chi connectivity index (χ2n) is 6.28. The Balaban J connectivity index is 1.95. The number of aliphatic carboxylic acids is 1. The maximum Gasteiger partial charge on any atom is 0.306 e. The van der Waals surface area contributed by atoms with Gasteiger partial charge in [0.2, 0.25) is 0 Å². The molecule has 0 aromatic heterocycles. The van der Waals surface area contributed by atoms with Gasteiger partial charge in [-0.15, -0.1) is 0 Å². The molecule has 3 rings (SSSR count). The smallest absolute Gasteiger partial charge is 0.306 e. The largest absolute Gasteiger partial charge is 0.481 e. The second-order valence-corrected chi connectivity index (χ2v) is 7.53. The molecule has 25 heavy (non-hydrogen) atoms. The van der Waals surface area contributed by atoms with Crippen LogP contribution in [0.3, 0.4) is 0 Å². The molecule has 1 aliphatic rings. The van der Waals surface area contributed by atoms with Crippen LogP contribution in [0.5, 0.6) is 0 Å². The van der Waals surface area contributed by atoms with E-state index in [1.54, 1.807) is 6.07 Å². The lowest BCUT2D eigenvalue weighted by molar-refractivity contribution is -0.143. The molecule has 132 valence electrons. The van der Waals surface area contributed by atoms with Crippen molar-refractivity contribution in [1.82, 2.24) is 4.90 Å². The summed E-state index contributed by atoms with van der Waals surface area (Å²) in [5.41, 5.74) is 2.07.